The molecule has 1 aromatic carbocycles. The van der Waals surface area contributed by atoms with Gasteiger partial charge in [0.1, 0.15) is 18.0 Å². The topological polar surface area (TPSA) is 141 Å². The van der Waals surface area contributed by atoms with Crippen LogP contribution in [-0.2, 0) is 25.7 Å². The number of aliphatic hydroxyl groups excluding tert-OH is 1. The van der Waals surface area contributed by atoms with E-state index in [2.05, 4.69) is 4.98 Å². The van der Waals surface area contributed by atoms with Gasteiger partial charge in [-0.1, -0.05) is 32.9 Å². The molecule has 1 saturated carbocycles. The number of rotatable bonds is 15. The molecule has 0 radical (unpaired) electrons. The number of hydrogen-bond donors (Lipinski definition) is 2. The van der Waals surface area contributed by atoms with E-state index in [1.165, 1.54) is 21.1 Å². The van der Waals surface area contributed by atoms with Gasteiger partial charge in [0.15, 0.2) is 5.79 Å². The quantitative estimate of drug-likeness (QED) is 0.171. The van der Waals surface area contributed by atoms with Gasteiger partial charge in [-0.15, -0.1) is 11.3 Å². The molecule has 1 aliphatic heterocycles. The maximum absolute atomic E-state index is 15.2. The minimum atomic E-state index is -1.89. The predicted molar refractivity (Wildman–Crippen MR) is 161 cm³/mol. The minimum Gasteiger partial charge on any atom is -0.493 e. The predicted octanol–water partition coefficient (Wildman–Crippen LogP) is 3.96. The largest absolute Gasteiger partial charge is 0.493 e. The highest BCUT2D eigenvalue weighted by Gasteiger charge is 2.56. The fourth-order valence-electron chi connectivity index (χ4n) is 5.67. The molecule has 1 saturated heterocycles. The molecule has 1 aliphatic carbocycles. The number of carbonyl (C=O) groups is 4. The highest BCUT2D eigenvalue weighted by atomic mass is 32.1. The molecule has 3 atom stereocenters. The van der Waals surface area contributed by atoms with E-state index in [0.717, 1.165) is 21.0 Å². The highest BCUT2D eigenvalue weighted by Crippen LogP contribution is 2.46. The number of aliphatic carboxylic acids is 1. The number of aromatic nitrogens is 1. The maximum atomic E-state index is 15.2. The van der Waals surface area contributed by atoms with E-state index in [4.69, 9.17) is 9.84 Å². The number of likely N-dealkylation sites (tertiary alicyclic amines) is 1. The number of alkyl halides is 1. The molecule has 4 rings (SSSR count). The second kappa shape index (κ2) is 13.6. The number of halogens is 1. The van der Waals surface area contributed by atoms with E-state index in [1.54, 1.807) is 26.3 Å². The molecule has 2 aromatic rings. The molecular formula is C31H41FN4O7S. The van der Waals surface area contributed by atoms with Crippen molar-refractivity contribution < 1.29 is 38.5 Å². The van der Waals surface area contributed by atoms with Crippen LogP contribution in [0, 0.1) is 12.3 Å². The second-order valence-corrected chi connectivity index (χ2v) is 13.5. The third-order valence-electron chi connectivity index (χ3n) is 8.09. The Morgan fingerprint density at radius 2 is 1.98 bits per heavy atom. The van der Waals surface area contributed by atoms with E-state index < -0.39 is 41.4 Å². The van der Waals surface area contributed by atoms with Gasteiger partial charge in [-0.05, 0) is 36.8 Å². The first kappa shape index (κ1) is 33.3. The van der Waals surface area contributed by atoms with Crippen molar-refractivity contribution in [1.82, 2.24) is 19.7 Å². The van der Waals surface area contributed by atoms with Gasteiger partial charge in [-0.2, -0.15) is 0 Å². The van der Waals surface area contributed by atoms with Crippen LogP contribution in [0.4, 0.5) is 4.39 Å². The molecule has 2 fully saturated rings. The van der Waals surface area contributed by atoms with Crippen LogP contribution in [0.2, 0.25) is 0 Å². The van der Waals surface area contributed by atoms with Crippen LogP contribution in [0.3, 0.4) is 0 Å². The number of amides is 3. The van der Waals surface area contributed by atoms with Crippen LogP contribution in [0.1, 0.15) is 70.6 Å². The van der Waals surface area contributed by atoms with Gasteiger partial charge in [0.05, 0.1) is 35.3 Å². The summed E-state index contributed by atoms with van der Waals surface area (Å²) in [5.74, 6) is -2.80. The summed E-state index contributed by atoms with van der Waals surface area (Å²) in [7, 11) is 0. The number of unbranched alkanes of at least 4 members (excludes halogenated alkanes) is 1. The van der Waals surface area contributed by atoms with Crippen molar-refractivity contribution in [3.63, 3.8) is 0 Å². The second-order valence-electron chi connectivity index (χ2n) is 12.6. The number of carbonyl (C=O) groups excluding carboxylic acids is 3. The van der Waals surface area contributed by atoms with Crippen LogP contribution in [-0.4, -0.2) is 91.8 Å². The SMILES string of the molecule is Cc1ncsc1-c1ccc(CN(C=O)[C@@H]2C[C@@H](O)CN2C(=O)[C@@H](N(C=O)C2(F)CC2)C(C)(C)C)c(OCCCCC(=O)O)c1. The van der Waals surface area contributed by atoms with Gasteiger partial charge >= 0.3 is 5.97 Å². The van der Waals surface area contributed by atoms with Crippen molar-refractivity contribution in [3.05, 3.63) is 35.0 Å². The Morgan fingerprint density at radius 3 is 2.55 bits per heavy atom. The van der Waals surface area contributed by atoms with Gasteiger partial charge in [0, 0.05) is 37.8 Å². The number of carboxylic acids is 1. The van der Waals surface area contributed by atoms with Crippen LogP contribution < -0.4 is 4.74 Å². The lowest BCUT2D eigenvalue weighted by atomic mass is 9.84. The third-order valence-corrected chi connectivity index (χ3v) is 9.07. The monoisotopic (exact) mass is 632 g/mol. The first-order valence-electron chi connectivity index (χ1n) is 14.8. The van der Waals surface area contributed by atoms with Crippen LogP contribution >= 0.6 is 11.3 Å². The summed E-state index contributed by atoms with van der Waals surface area (Å²) in [4.78, 5) is 58.6. The molecule has 240 valence electrons. The zero-order valence-electron chi connectivity index (χ0n) is 25.6. The average Bonchev–Trinajstić information content (AvgIpc) is 3.35. The average molecular weight is 633 g/mol. The molecule has 0 unspecified atom stereocenters. The number of carboxylic acid groups (broad SMARTS) is 1. The maximum Gasteiger partial charge on any atom is 0.303 e. The fraction of sp³-hybridized carbons (Fsp3) is 0.581. The van der Waals surface area contributed by atoms with Crippen molar-refractivity contribution >= 4 is 36.0 Å². The first-order chi connectivity index (χ1) is 20.8. The number of benzene rings is 1. The Hall–Kier alpha value is -3.58. The number of thiazole rings is 1. The molecular weight excluding hydrogens is 591 g/mol. The Labute approximate surface area is 260 Å². The summed E-state index contributed by atoms with van der Waals surface area (Å²) in [6, 6.07) is 4.45. The van der Waals surface area contributed by atoms with E-state index in [0.29, 0.717) is 37.0 Å². The smallest absolute Gasteiger partial charge is 0.303 e. The van der Waals surface area contributed by atoms with Gasteiger partial charge < -0.3 is 24.7 Å². The summed E-state index contributed by atoms with van der Waals surface area (Å²) in [5.41, 5.74) is 3.31. The normalized spacial score (nSPS) is 19.7. The van der Waals surface area contributed by atoms with Crippen LogP contribution in [0.5, 0.6) is 5.75 Å². The van der Waals surface area contributed by atoms with E-state index in [-0.39, 0.29) is 45.4 Å². The zero-order valence-corrected chi connectivity index (χ0v) is 26.4. The number of β-amino-alcohol motifs (C(OH)–C–C–N with tert-alkyl or cyclic N) is 1. The summed E-state index contributed by atoms with van der Waals surface area (Å²) < 4.78 is 21.3. The summed E-state index contributed by atoms with van der Waals surface area (Å²) in [5, 5.41) is 19.6. The first-order valence-corrected chi connectivity index (χ1v) is 15.7. The molecule has 0 bridgehead atoms. The lowest BCUT2D eigenvalue weighted by molar-refractivity contribution is -0.157. The standard InChI is InChI=1S/C31H41FN4O7S/c1-20-27(44-17-33-20)21-8-9-22(24(13-21)43-12-6-5-7-26(40)41)15-34(18-37)25-14-23(39)16-35(25)29(42)28(30(2,3)4)36(19-38)31(32)10-11-31/h8-9,13,17-19,23,25,28,39H,5-7,10-12,14-16H2,1-4H3,(H,40,41)/t23-,25+,28-/m1/s1. The molecule has 2 N–H and O–H groups in total. The number of aliphatic hydroxyl groups is 1. The summed E-state index contributed by atoms with van der Waals surface area (Å²) >= 11 is 1.48. The number of aryl methyl sites for hydroxylation is 1. The van der Waals surface area contributed by atoms with Crippen molar-refractivity contribution in [3.8, 4) is 16.2 Å². The Bertz CT molecular complexity index is 1360. The third kappa shape index (κ3) is 7.55. The van der Waals surface area contributed by atoms with Crippen molar-refractivity contribution in [2.75, 3.05) is 13.2 Å². The molecule has 3 amide bonds. The minimum absolute atomic E-state index is 0.0315. The number of nitrogens with zero attached hydrogens (tertiary/aromatic N) is 4. The van der Waals surface area contributed by atoms with Crippen molar-refractivity contribution in [1.29, 1.82) is 0 Å². The van der Waals surface area contributed by atoms with Gasteiger partial charge in [-0.3, -0.25) is 24.1 Å². The Morgan fingerprint density at radius 1 is 1.25 bits per heavy atom. The van der Waals surface area contributed by atoms with Gasteiger partial charge in [0.2, 0.25) is 18.7 Å². The molecule has 13 heteroatoms. The van der Waals surface area contributed by atoms with E-state index in [9.17, 15) is 24.3 Å². The molecule has 11 nitrogen and oxygen atoms in total. The molecule has 2 heterocycles. The Balaban J connectivity index is 1.60. The lowest BCUT2D eigenvalue weighted by Gasteiger charge is -2.43. The van der Waals surface area contributed by atoms with Gasteiger partial charge in [0.25, 0.3) is 0 Å². The van der Waals surface area contributed by atoms with Crippen LogP contribution in [0.25, 0.3) is 10.4 Å². The summed E-state index contributed by atoms with van der Waals surface area (Å²) in [6.45, 7) is 7.40. The number of ether oxygens (including phenoxy) is 1. The highest BCUT2D eigenvalue weighted by molar-refractivity contribution is 7.13. The van der Waals surface area contributed by atoms with E-state index in [1.807, 2.05) is 25.1 Å². The lowest BCUT2D eigenvalue weighted by Crippen LogP contribution is -2.60. The fourth-order valence-corrected chi connectivity index (χ4v) is 6.47. The summed E-state index contributed by atoms with van der Waals surface area (Å²) in [6.07, 6.45) is 0.617. The molecule has 44 heavy (non-hydrogen) atoms. The molecule has 1 aromatic heterocycles. The molecule has 2 aliphatic rings. The van der Waals surface area contributed by atoms with Gasteiger partial charge in [-0.25, -0.2) is 9.37 Å². The Kier molecular flexibility index (Phi) is 10.3. The number of hydrogen-bond acceptors (Lipinski definition) is 8. The van der Waals surface area contributed by atoms with Crippen molar-refractivity contribution in [2.45, 2.75) is 96.9 Å². The molecule has 0 spiro atoms. The van der Waals surface area contributed by atoms with E-state index >= 15 is 4.39 Å². The zero-order chi connectivity index (χ0) is 32.2. The van der Waals surface area contributed by atoms with Crippen LogP contribution in [0.15, 0.2) is 23.7 Å². The van der Waals surface area contributed by atoms with Crippen molar-refractivity contribution in [2.24, 2.45) is 5.41 Å².